The van der Waals surface area contributed by atoms with Gasteiger partial charge in [-0.1, -0.05) is 77.6 Å². The molecule has 0 N–H and O–H groups in total. The molecule has 1 heterocycles. The highest BCUT2D eigenvalue weighted by molar-refractivity contribution is 7.86. The molecule has 0 aliphatic carbocycles. The molecular formula is C19H34O5S. The molecular weight excluding hydrogens is 340 g/mol. The molecule has 0 aromatic carbocycles. The number of ether oxygens (including phenoxy) is 1. The quantitative estimate of drug-likeness (QED) is 0.274. The third-order valence-corrected chi connectivity index (χ3v) is 4.50. The second kappa shape index (κ2) is 13.1. The van der Waals surface area contributed by atoms with E-state index in [9.17, 15) is 8.42 Å². The molecule has 0 fully saturated rings. The van der Waals surface area contributed by atoms with Gasteiger partial charge in [-0.25, -0.2) is 0 Å². The number of rotatable bonds is 16. The lowest BCUT2D eigenvalue weighted by Crippen LogP contribution is -2.04. The van der Waals surface area contributed by atoms with Crippen LogP contribution in [0.3, 0.4) is 0 Å². The Morgan fingerprint density at radius 1 is 0.800 bits per heavy atom. The maximum absolute atomic E-state index is 11.0. The molecule has 0 spiro atoms. The molecule has 25 heavy (non-hydrogen) atoms. The molecule has 0 aliphatic rings. The van der Waals surface area contributed by atoms with Gasteiger partial charge in [-0.05, 0) is 6.42 Å². The Balaban J connectivity index is 1.90. The lowest BCUT2D eigenvalue weighted by molar-refractivity contribution is 0.222. The Labute approximate surface area is 153 Å². The van der Waals surface area contributed by atoms with Crippen LogP contribution in [0.25, 0.3) is 0 Å². The van der Waals surface area contributed by atoms with Crippen LogP contribution in [0.5, 0.6) is 11.9 Å². The second-order valence-electron chi connectivity index (χ2n) is 6.60. The van der Waals surface area contributed by atoms with Gasteiger partial charge in [0.25, 0.3) is 5.95 Å². The summed E-state index contributed by atoms with van der Waals surface area (Å²) in [6.07, 6.45) is 16.6. The number of hydrogen-bond acceptors (Lipinski definition) is 5. The topological polar surface area (TPSA) is 65.7 Å². The Morgan fingerprint density at radius 2 is 1.28 bits per heavy atom. The first-order chi connectivity index (χ1) is 12.0. The second-order valence-corrected chi connectivity index (χ2v) is 8.17. The normalized spacial score (nSPS) is 11.6. The summed E-state index contributed by atoms with van der Waals surface area (Å²) in [7, 11) is -3.56. The highest BCUT2D eigenvalue weighted by Crippen LogP contribution is 2.23. The minimum absolute atomic E-state index is 0.0628. The van der Waals surface area contributed by atoms with Crippen molar-refractivity contribution in [3.05, 3.63) is 12.1 Å². The number of hydrogen-bond donors (Lipinski definition) is 0. The summed E-state index contributed by atoms with van der Waals surface area (Å²) in [5, 5.41) is 0. The van der Waals surface area contributed by atoms with Crippen molar-refractivity contribution in [2.45, 2.75) is 84.0 Å². The van der Waals surface area contributed by atoms with E-state index in [2.05, 4.69) is 11.1 Å². The molecule has 5 nitrogen and oxygen atoms in total. The zero-order valence-electron chi connectivity index (χ0n) is 15.8. The van der Waals surface area contributed by atoms with Crippen LogP contribution in [0.4, 0.5) is 0 Å². The minimum Gasteiger partial charge on any atom is -0.465 e. The van der Waals surface area contributed by atoms with Crippen molar-refractivity contribution < 1.29 is 21.8 Å². The number of furan rings is 1. The lowest BCUT2D eigenvalue weighted by atomic mass is 10.1. The fourth-order valence-corrected chi connectivity index (χ4v) is 3.08. The Hall–Kier alpha value is -1.17. The lowest BCUT2D eigenvalue weighted by Gasteiger charge is -2.04. The van der Waals surface area contributed by atoms with Crippen molar-refractivity contribution >= 4 is 10.1 Å². The van der Waals surface area contributed by atoms with Crippen molar-refractivity contribution in [1.82, 2.24) is 0 Å². The smallest absolute Gasteiger partial charge is 0.308 e. The third-order valence-electron chi connectivity index (χ3n) is 4.03. The van der Waals surface area contributed by atoms with Crippen LogP contribution >= 0.6 is 0 Å². The summed E-state index contributed by atoms with van der Waals surface area (Å²) < 4.78 is 37.2. The Kier molecular flexibility index (Phi) is 11.5. The van der Waals surface area contributed by atoms with Crippen molar-refractivity contribution in [1.29, 1.82) is 0 Å². The van der Waals surface area contributed by atoms with Gasteiger partial charge in [0.15, 0.2) is 0 Å². The molecule has 0 unspecified atom stereocenters. The van der Waals surface area contributed by atoms with Crippen molar-refractivity contribution in [3.63, 3.8) is 0 Å². The molecule has 0 aliphatic heterocycles. The van der Waals surface area contributed by atoms with Crippen LogP contribution in [0.2, 0.25) is 0 Å². The third kappa shape index (κ3) is 12.8. The Bertz CT molecular complexity index is 536. The molecule has 1 rings (SSSR count). The largest absolute Gasteiger partial charge is 0.465 e. The monoisotopic (exact) mass is 374 g/mol. The van der Waals surface area contributed by atoms with E-state index in [0.717, 1.165) is 19.1 Å². The average Bonchev–Trinajstić information content (AvgIpc) is 2.97. The van der Waals surface area contributed by atoms with E-state index < -0.39 is 10.1 Å². The molecule has 146 valence electrons. The van der Waals surface area contributed by atoms with Gasteiger partial charge in [0.1, 0.15) is 0 Å². The van der Waals surface area contributed by atoms with Crippen molar-refractivity contribution in [3.8, 4) is 11.9 Å². The maximum Gasteiger partial charge on any atom is 0.308 e. The van der Waals surface area contributed by atoms with Gasteiger partial charge >= 0.3 is 16.1 Å². The van der Waals surface area contributed by atoms with E-state index in [1.165, 1.54) is 70.3 Å². The maximum atomic E-state index is 11.0. The fraction of sp³-hybridized carbons (Fsp3) is 0.789. The molecule has 0 saturated heterocycles. The van der Waals surface area contributed by atoms with Crippen molar-refractivity contribution in [2.24, 2.45) is 0 Å². The molecule has 0 atom stereocenters. The van der Waals surface area contributed by atoms with Crippen molar-refractivity contribution in [2.75, 3.05) is 12.9 Å². The zero-order chi connectivity index (χ0) is 18.4. The predicted molar refractivity (Wildman–Crippen MR) is 101 cm³/mol. The van der Waals surface area contributed by atoms with Crippen LogP contribution in [0, 0.1) is 0 Å². The van der Waals surface area contributed by atoms with Gasteiger partial charge < -0.3 is 13.3 Å². The fourth-order valence-electron chi connectivity index (χ4n) is 2.69. The summed E-state index contributed by atoms with van der Waals surface area (Å²) in [6, 6.07) is 3.01. The van der Waals surface area contributed by atoms with E-state index in [1.54, 1.807) is 6.07 Å². The van der Waals surface area contributed by atoms with Crippen LogP contribution in [0.1, 0.15) is 84.0 Å². The highest BCUT2D eigenvalue weighted by atomic mass is 32.2. The van der Waals surface area contributed by atoms with Crippen LogP contribution < -0.4 is 8.92 Å². The highest BCUT2D eigenvalue weighted by Gasteiger charge is 2.09. The molecule has 0 bridgehead atoms. The summed E-state index contributed by atoms with van der Waals surface area (Å²) in [4.78, 5) is 0. The van der Waals surface area contributed by atoms with Gasteiger partial charge in [-0.2, -0.15) is 8.42 Å². The van der Waals surface area contributed by atoms with E-state index in [1.807, 2.05) is 0 Å². The van der Waals surface area contributed by atoms with Gasteiger partial charge in [-0.15, -0.1) is 0 Å². The minimum atomic E-state index is -3.56. The van der Waals surface area contributed by atoms with Crippen LogP contribution in [-0.2, 0) is 10.1 Å². The van der Waals surface area contributed by atoms with Gasteiger partial charge in [0.05, 0.1) is 12.9 Å². The van der Waals surface area contributed by atoms with Crippen LogP contribution in [-0.4, -0.2) is 21.3 Å². The molecule has 1 aromatic rings. The van der Waals surface area contributed by atoms with E-state index in [0.29, 0.717) is 12.6 Å². The molecule has 6 heteroatoms. The van der Waals surface area contributed by atoms with E-state index >= 15 is 0 Å². The van der Waals surface area contributed by atoms with Crippen LogP contribution in [0.15, 0.2) is 16.5 Å². The molecule has 1 aromatic heterocycles. The standard InChI is InChI=1S/C19H34O5S/c1-3-4-5-6-7-8-9-10-11-12-13-14-17-22-18-15-16-19(23-18)24-25(2,20)21/h15-16H,3-14,17H2,1-2H3. The average molecular weight is 375 g/mol. The van der Waals surface area contributed by atoms with Gasteiger partial charge in [0, 0.05) is 12.1 Å². The summed E-state index contributed by atoms with van der Waals surface area (Å²) in [5.74, 6) is 0.230. The zero-order valence-corrected chi connectivity index (χ0v) is 16.6. The molecule has 0 radical (unpaired) electrons. The van der Waals surface area contributed by atoms with Gasteiger partial charge in [0.2, 0.25) is 0 Å². The SMILES string of the molecule is CCCCCCCCCCCCCCOc1ccc(OS(C)(=O)=O)o1. The molecule has 0 amide bonds. The summed E-state index contributed by atoms with van der Waals surface area (Å²) in [5.41, 5.74) is 0. The van der Waals surface area contributed by atoms with E-state index in [-0.39, 0.29) is 5.95 Å². The summed E-state index contributed by atoms with van der Waals surface area (Å²) in [6.45, 7) is 2.83. The summed E-state index contributed by atoms with van der Waals surface area (Å²) >= 11 is 0. The first kappa shape index (κ1) is 21.9. The Morgan fingerprint density at radius 3 is 1.80 bits per heavy atom. The van der Waals surface area contributed by atoms with E-state index in [4.69, 9.17) is 9.15 Å². The molecule has 0 saturated carbocycles. The predicted octanol–water partition coefficient (Wildman–Crippen LogP) is 5.70. The first-order valence-electron chi connectivity index (χ1n) is 9.63. The first-order valence-corrected chi connectivity index (χ1v) is 11.4. The number of unbranched alkanes of at least 4 members (excludes halogenated alkanes) is 11. The van der Waals surface area contributed by atoms with Gasteiger partial charge in [-0.3, -0.25) is 0 Å².